The molecule has 0 radical (unpaired) electrons. The zero-order valence-corrected chi connectivity index (χ0v) is 13.6. The summed E-state index contributed by atoms with van der Waals surface area (Å²) in [7, 11) is 0. The first kappa shape index (κ1) is 15.6. The van der Waals surface area contributed by atoms with E-state index in [0.717, 1.165) is 36.8 Å². The van der Waals surface area contributed by atoms with Crippen LogP contribution in [0.5, 0.6) is 5.75 Å². The number of hydrogen-bond donors (Lipinski definition) is 1. The van der Waals surface area contributed by atoms with Crippen LogP contribution in [0, 0.1) is 5.82 Å². The maximum atomic E-state index is 13.6. The van der Waals surface area contributed by atoms with Crippen LogP contribution in [0.1, 0.15) is 23.7 Å². The molecular weight excluding hydrogens is 321 g/mol. The zero-order chi connectivity index (χ0) is 17.1. The van der Waals surface area contributed by atoms with E-state index in [-0.39, 0.29) is 18.2 Å². The van der Waals surface area contributed by atoms with Crippen molar-refractivity contribution in [1.82, 2.24) is 20.2 Å². The molecule has 6 nitrogen and oxygen atoms in total. The second kappa shape index (κ2) is 6.88. The molecule has 3 heterocycles. The second-order valence-corrected chi connectivity index (χ2v) is 6.02. The summed E-state index contributed by atoms with van der Waals surface area (Å²) in [5.74, 6) is 0.953. The number of rotatable bonds is 5. The molecule has 1 atom stereocenters. The summed E-state index contributed by atoms with van der Waals surface area (Å²) in [6, 6.07) is 10.2. The Morgan fingerprint density at radius 2 is 2.04 bits per heavy atom. The van der Waals surface area contributed by atoms with Crippen molar-refractivity contribution in [3.05, 3.63) is 66.0 Å². The first-order valence-corrected chi connectivity index (χ1v) is 8.23. The Kier molecular flexibility index (Phi) is 4.28. The lowest BCUT2D eigenvalue weighted by Gasteiger charge is -2.14. The summed E-state index contributed by atoms with van der Waals surface area (Å²) in [5, 5.41) is 7.37. The van der Waals surface area contributed by atoms with E-state index in [9.17, 15) is 4.39 Å². The van der Waals surface area contributed by atoms with Crippen molar-refractivity contribution in [1.29, 1.82) is 0 Å². The third kappa shape index (κ3) is 3.45. The minimum atomic E-state index is -0.364. The second-order valence-electron chi connectivity index (χ2n) is 6.02. The molecule has 7 heteroatoms. The van der Waals surface area contributed by atoms with E-state index >= 15 is 0 Å². The van der Waals surface area contributed by atoms with Crippen molar-refractivity contribution in [3.8, 4) is 5.75 Å². The smallest absolute Gasteiger partial charge is 0.225 e. The maximum Gasteiger partial charge on any atom is 0.225 e. The Hall–Kier alpha value is -2.96. The highest BCUT2D eigenvalue weighted by atomic mass is 19.1. The number of aromatic amines is 1. The number of anilines is 1. The normalized spacial score (nSPS) is 17.0. The summed E-state index contributed by atoms with van der Waals surface area (Å²) in [5.41, 5.74) is 1.82. The van der Waals surface area contributed by atoms with Gasteiger partial charge in [0.25, 0.3) is 0 Å². The van der Waals surface area contributed by atoms with E-state index in [1.54, 1.807) is 30.6 Å². The molecule has 4 rings (SSSR count). The van der Waals surface area contributed by atoms with Crippen LogP contribution < -0.4 is 9.64 Å². The van der Waals surface area contributed by atoms with E-state index in [1.807, 2.05) is 12.1 Å². The lowest BCUT2D eigenvalue weighted by atomic mass is 10.1. The van der Waals surface area contributed by atoms with E-state index in [4.69, 9.17) is 4.74 Å². The molecule has 0 bridgehead atoms. The topological polar surface area (TPSA) is 66.9 Å². The van der Waals surface area contributed by atoms with Crippen LogP contribution in [0.25, 0.3) is 0 Å². The van der Waals surface area contributed by atoms with Crippen molar-refractivity contribution >= 4 is 5.95 Å². The van der Waals surface area contributed by atoms with Gasteiger partial charge >= 0.3 is 0 Å². The van der Waals surface area contributed by atoms with Crippen LogP contribution in [0.4, 0.5) is 10.3 Å². The van der Waals surface area contributed by atoms with Gasteiger partial charge in [-0.25, -0.2) is 14.4 Å². The summed E-state index contributed by atoms with van der Waals surface area (Å²) in [4.78, 5) is 10.8. The van der Waals surface area contributed by atoms with Crippen LogP contribution in [-0.2, 0) is 6.61 Å². The molecule has 0 spiro atoms. The van der Waals surface area contributed by atoms with Gasteiger partial charge in [0, 0.05) is 31.4 Å². The molecule has 1 aliphatic rings. The number of nitrogens with one attached hydrogen (secondary N) is 1. The number of aromatic nitrogens is 4. The molecule has 0 unspecified atom stereocenters. The van der Waals surface area contributed by atoms with Crippen molar-refractivity contribution in [2.75, 3.05) is 18.0 Å². The van der Waals surface area contributed by atoms with Crippen molar-refractivity contribution in [3.63, 3.8) is 0 Å². The molecule has 0 aliphatic carbocycles. The molecule has 3 aromatic rings. The first-order valence-electron chi connectivity index (χ1n) is 8.23. The van der Waals surface area contributed by atoms with E-state index in [1.165, 1.54) is 6.07 Å². The average Bonchev–Trinajstić information content (AvgIpc) is 3.31. The molecule has 25 heavy (non-hydrogen) atoms. The van der Waals surface area contributed by atoms with Crippen molar-refractivity contribution in [2.24, 2.45) is 0 Å². The third-order valence-corrected chi connectivity index (χ3v) is 4.31. The van der Waals surface area contributed by atoms with Crippen LogP contribution in [0.2, 0.25) is 0 Å². The number of ether oxygens (including phenoxy) is 1. The van der Waals surface area contributed by atoms with E-state index < -0.39 is 0 Å². The van der Waals surface area contributed by atoms with Gasteiger partial charge in [0.15, 0.2) is 11.6 Å². The highest BCUT2D eigenvalue weighted by Crippen LogP contribution is 2.28. The largest absolute Gasteiger partial charge is 0.484 e. The van der Waals surface area contributed by atoms with Crippen LogP contribution >= 0.6 is 0 Å². The SMILES string of the molecule is Fc1ccccc1OCc1cc([C@@H]2CCN(c3ncccn3)C2)n[nH]1. The Labute approximate surface area is 144 Å². The first-order chi connectivity index (χ1) is 12.3. The van der Waals surface area contributed by atoms with Gasteiger partial charge in [-0.05, 0) is 30.7 Å². The van der Waals surface area contributed by atoms with Gasteiger partial charge in [-0.2, -0.15) is 5.10 Å². The summed E-state index contributed by atoms with van der Waals surface area (Å²) in [6.07, 6.45) is 4.50. The summed E-state index contributed by atoms with van der Waals surface area (Å²) in [6.45, 7) is 2.00. The van der Waals surface area contributed by atoms with Crippen molar-refractivity contribution < 1.29 is 9.13 Å². The average molecular weight is 339 g/mol. The van der Waals surface area contributed by atoms with Gasteiger partial charge in [0.2, 0.25) is 5.95 Å². The maximum absolute atomic E-state index is 13.6. The number of H-pyrrole nitrogens is 1. The highest BCUT2D eigenvalue weighted by Gasteiger charge is 2.27. The Balaban J connectivity index is 1.38. The highest BCUT2D eigenvalue weighted by molar-refractivity contribution is 5.33. The molecule has 1 aliphatic heterocycles. The summed E-state index contributed by atoms with van der Waals surface area (Å²) >= 11 is 0. The lowest BCUT2D eigenvalue weighted by Crippen LogP contribution is -2.21. The predicted octanol–water partition coefficient (Wildman–Crippen LogP) is 2.91. The Morgan fingerprint density at radius 3 is 2.88 bits per heavy atom. The van der Waals surface area contributed by atoms with E-state index in [0.29, 0.717) is 5.92 Å². The van der Waals surface area contributed by atoms with Gasteiger partial charge < -0.3 is 9.64 Å². The molecular formula is C18H18FN5O. The Morgan fingerprint density at radius 1 is 1.20 bits per heavy atom. The van der Waals surface area contributed by atoms with Crippen LogP contribution in [0.3, 0.4) is 0 Å². The van der Waals surface area contributed by atoms with E-state index in [2.05, 4.69) is 25.1 Å². The van der Waals surface area contributed by atoms with Crippen LogP contribution in [-0.4, -0.2) is 33.3 Å². The number of nitrogens with zero attached hydrogens (tertiary/aromatic N) is 4. The third-order valence-electron chi connectivity index (χ3n) is 4.31. The number of para-hydroxylation sites is 1. The molecule has 1 fully saturated rings. The van der Waals surface area contributed by atoms with Gasteiger partial charge in [-0.1, -0.05) is 12.1 Å². The molecule has 128 valence electrons. The fraction of sp³-hybridized carbons (Fsp3) is 0.278. The van der Waals surface area contributed by atoms with Gasteiger partial charge in [0.05, 0.1) is 11.4 Å². The van der Waals surface area contributed by atoms with Crippen LogP contribution in [0.15, 0.2) is 48.8 Å². The van der Waals surface area contributed by atoms with Gasteiger partial charge in [0.1, 0.15) is 6.61 Å². The zero-order valence-electron chi connectivity index (χ0n) is 13.6. The van der Waals surface area contributed by atoms with Gasteiger partial charge in [-0.3, -0.25) is 5.10 Å². The quantitative estimate of drug-likeness (QED) is 0.774. The van der Waals surface area contributed by atoms with Gasteiger partial charge in [-0.15, -0.1) is 0 Å². The summed E-state index contributed by atoms with van der Waals surface area (Å²) < 4.78 is 19.1. The number of halogens is 1. The minimum Gasteiger partial charge on any atom is -0.484 e. The molecule has 0 amide bonds. The fourth-order valence-electron chi connectivity index (χ4n) is 3.02. The standard InChI is InChI=1S/C18H18FN5O/c19-15-4-1-2-5-17(15)25-12-14-10-16(23-22-14)13-6-9-24(11-13)18-20-7-3-8-21-18/h1-5,7-8,10,13H,6,9,11-12H2,(H,22,23)/t13-/m1/s1. The predicted molar refractivity (Wildman–Crippen MR) is 90.9 cm³/mol. The Bertz CT molecular complexity index is 838. The molecule has 1 saturated heterocycles. The number of hydrogen-bond acceptors (Lipinski definition) is 5. The fourth-order valence-corrected chi connectivity index (χ4v) is 3.02. The number of benzene rings is 1. The molecule has 1 aromatic carbocycles. The lowest BCUT2D eigenvalue weighted by molar-refractivity contribution is 0.286. The molecule has 1 N–H and O–H groups in total. The monoisotopic (exact) mass is 339 g/mol. The molecule has 2 aromatic heterocycles. The van der Waals surface area contributed by atoms with Crippen molar-refractivity contribution in [2.45, 2.75) is 18.9 Å². The molecule has 0 saturated carbocycles. The minimum absolute atomic E-state index is 0.243.